The maximum absolute atomic E-state index is 11.1. The second-order valence-corrected chi connectivity index (χ2v) is 3.87. The molecule has 0 aliphatic carbocycles. The number of aliphatic carboxylic acids is 1. The molecule has 74 valence electrons. The number of nitrogens with one attached hydrogen (secondary N) is 1. The Balaban J connectivity index is 4.32. The van der Waals surface area contributed by atoms with Gasteiger partial charge >= 0.3 is 5.97 Å². The van der Waals surface area contributed by atoms with E-state index in [1.807, 2.05) is 20.8 Å². The number of rotatable bonds is 2. The summed E-state index contributed by atoms with van der Waals surface area (Å²) >= 11 is 0. The molecule has 0 aromatic rings. The normalized spacial score (nSPS) is 12.5. The van der Waals surface area contributed by atoms with Crippen molar-refractivity contribution in [1.82, 2.24) is 5.32 Å². The van der Waals surface area contributed by atoms with Gasteiger partial charge in [-0.15, -0.1) is 0 Å². The summed E-state index contributed by atoms with van der Waals surface area (Å²) in [6.07, 6.45) is 1.08. The first-order chi connectivity index (χ1) is 5.72. The third kappa shape index (κ3) is 5.90. The van der Waals surface area contributed by atoms with E-state index in [-0.39, 0.29) is 17.0 Å². The number of hydrogen-bond donors (Lipinski definition) is 2. The van der Waals surface area contributed by atoms with Crippen LogP contribution in [0.25, 0.3) is 0 Å². The van der Waals surface area contributed by atoms with Gasteiger partial charge in [0.2, 0.25) is 5.91 Å². The standard InChI is InChI=1S/C9H15NO3/c1-6(8(12)13)5-7(11)10-9(2,3)4/h5H,1-4H3,(H,10,11)(H,12,13). The van der Waals surface area contributed by atoms with Crippen molar-refractivity contribution in [2.45, 2.75) is 33.2 Å². The van der Waals surface area contributed by atoms with E-state index in [2.05, 4.69) is 5.32 Å². The molecule has 13 heavy (non-hydrogen) atoms. The number of carbonyl (C=O) groups is 2. The van der Waals surface area contributed by atoms with Crippen molar-refractivity contribution in [3.8, 4) is 0 Å². The largest absolute Gasteiger partial charge is 0.478 e. The van der Waals surface area contributed by atoms with Crippen LogP contribution in [0.5, 0.6) is 0 Å². The highest BCUT2D eigenvalue weighted by molar-refractivity contribution is 5.97. The summed E-state index contributed by atoms with van der Waals surface area (Å²) in [5.74, 6) is -1.46. The molecule has 0 unspecified atom stereocenters. The molecule has 4 nitrogen and oxygen atoms in total. The molecule has 0 rings (SSSR count). The van der Waals surface area contributed by atoms with Crippen LogP contribution in [0.15, 0.2) is 11.6 Å². The molecule has 0 aromatic heterocycles. The van der Waals surface area contributed by atoms with Crippen LogP contribution in [0.4, 0.5) is 0 Å². The molecule has 0 saturated heterocycles. The lowest BCUT2D eigenvalue weighted by atomic mass is 10.1. The zero-order valence-electron chi connectivity index (χ0n) is 8.34. The summed E-state index contributed by atoms with van der Waals surface area (Å²) in [6.45, 7) is 6.86. The number of carboxylic acid groups (broad SMARTS) is 1. The zero-order valence-corrected chi connectivity index (χ0v) is 8.34. The van der Waals surface area contributed by atoms with Crippen molar-refractivity contribution in [3.63, 3.8) is 0 Å². The van der Waals surface area contributed by atoms with Crippen LogP contribution in [-0.2, 0) is 9.59 Å². The summed E-state index contributed by atoms with van der Waals surface area (Å²) in [6, 6.07) is 0. The summed E-state index contributed by atoms with van der Waals surface area (Å²) in [5, 5.41) is 11.1. The molecule has 0 radical (unpaired) electrons. The van der Waals surface area contributed by atoms with Crippen LogP contribution < -0.4 is 5.32 Å². The van der Waals surface area contributed by atoms with Gasteiger partial charge in [-0.1, -0.05) is 0 Å². The van der Waals surface area contributed by atoms with Crippen LogP contribution in [0.2, 0.25) is 0 Å². The number of carboxylic acids is 1. The molecule has 0 fully saturated rings. The molecule has 0 saturated carbocycles. The first kappa shape index (κ1) is 11.7. The first-order valence-electron chi connectivity index (χ1n) is 3.96. The minimum atomic E-state index is -1.08. The topological polar surface area (TPSA) is 66.4 Å². The van der Waals surface area contributed by atoms with Crippen molar-refractivity contribution in [1.29, 1.82) is 0 Å². The quantitative estimate of drug-likeness (QED) is 0.629. The molecule has 1 amide bonds. The molecule has 0 aliphatic heterocycles. The van der Waals surface area contributed by atoms with Gasteiger partial charge in [0, 0.05) is 17.2 Å². The summed E-state index contributed by atoms with van der Waals surface area (Å²) in [5.41, 5.74) is -0.312. The molecule has 4 heteroatoms. The van der Waals surface area contributed by atoms with Crippen LogP contribution in [-0.4, -0.2) is 22.5 Å². The summed E-state index contributed by atoms with van der Waals surface area (Å²) in [4.78, 5) is 21.5. The Morgan fingerprint density at radius 1 is 1.31 bits per heavy atom. The third-order valence-electron chi connectivity index (χ3n) is 1.18. The van der Waals surface area contributed by atoms with E-state index in [4.69, 9.17) is 5.11 Å². The highest BCUT2D eigenvalue weighted by Crippen LogP contribution is 1.99. The molecule has 0 spiro atoms. The highest BCUT2D eigenvalue weighted by atomic mass is 16.4. The zero-order chi connectivity index (χ0) is 10.6. The van der Waals surface area contributed by atoms with E-state index < -0.39 is 5.97 Å². The fourth-order valence-corrected chi connectivity index (χ4v) is 0.664. The van der Waals surface area contributed by atoms with Gasteiger partial charge in [-0.3, -0.25) is 4.79 Å². The minimum Gasteiger partial charge on any atom is -0.478 e. The van der Waals surface area contributed by atoms with Gasteiger partial charge in [0.25, 0.3) is 0 Å². The molecular formula is C9H15NO3. The molecule has 2 N–H and O–H groups in total. The van der Waals surface area contributed by atoms with Gasteiger partial charge in [0.15, 0.2) is 0 Å². The van der Waals surface area contributed by atoms with Crippen LogP contribution in [0.3, 0.4) is 0 Å². The van der Waals surface area contributed by atoms with Crippen LogP contribution in [0.1, 0.15) is 27.7 Å². The van der Waals surface area contributed by atoms with Crippen molar-refractivity contribution < 1.29 is 14.7 Å². The van der Waals surface area contributed by atoms with Gasteiger partial charge in [-0.05, 0) is 27.7 Å². The lowest BCUT2D eigenvalue weighted by Gasteiger charge is -2.19. The first-order valence-corrected chi connectivity index (χ1v) is 3.96. The molecule has 0 atom stereocenters. The van der Waals surface area contributed by atoms with E-state index in [0.717, 1.165) is 6.08 Å². The van der Waals surface area contributed by atoms with Crippen LogP contribution >= 0.6 is 0 Å². The van der Waals surface area contributed by atoms with Gasteiger partial charge in [-0.25, -0.2) is 4.79 Å². The van der Waals surface area contributed by atoms with Crippen molar-refractivity contribution >= 4 is 11.9 Å². The highest BCUT2D eigenvalue weighted by Gasteiger charge is 2.12. The molecule has 0 aliphatic rings. The smallest absolute Gasteiger partial charge is 0.331 e. The van der Waals surface area contributed by atoms with Gasteiger partial charge in [0.1, 0.15) is 0 Å². The van der Waals surface area contributed by atoms with E-state index in [1.54, 1.807) is 0 Å². The summed E-state index contributed by atoms with van der Waals surface area (Å²) < 4.78 is 0. The molecular weight excluding hydrogens is 170 g/mol. The van der Waals surface area contributed by atoms with Crippen molar-refractivity contribution in [2.75, 3.05) is 0 Å². The second-order valence-electron chi connectivity index (χ2n) is 3.87. The average Bonchev–Trinajstić information content (AvgIpc) is 1.81. The number of hydrogen-bond acceptors (Lipinski definition) is 2. The predicted octanol–water partition coefficient (Wildman–Crippen LogP) is 0.932. The Hall–Kier alpha value is -1.32. The van der Waals surface area contributed by atoms with Gasteiger partial charge in [-0.2, -0.15) is 0 Å². The monoisotopic (exact) mass is 185 g/mol. The Bertz CT molecular complexity index is 248. The fourth-order valence-electron chi connectivity index (χ4n) is 0.664. The van der Waals surface area contributed by atoms with E-state index in [9.17, 15) is 9.59 Å². The van der Waals surface area contributed by atoms with E-state index in [1.165, 1.54) is 6.92 Å². The van der Waals surface area contributed by atoms with Crippen molar-refractivity contribution in [2.24, 2.45) is 0 Å². The van der Waals surface area contributed by atoms with E-state index >= 15 is 0 Å². The maximum atomic E-state index is 11.1. The maximum Gasteiger partial charge on any atom is 0.331 e. The lowest BCUT2D eigenvalue weighted by Crippen LogP contribution is -2.39. The molecule has 0 bridgehead atoms. The van der Waals surface area contributed by atoms with Gasteiger partial charge in [0.05, 0.1) is 0 Å². The Morgan fingerprint density at radius 2 is 1.77 bits per heavy atom. The van der Waals surface area contributed by atoms with Crippen molar-refractivity contribution in [3.05, 3.63) is 11.6 Å². The summed E-state index contributed by atoms with van der Waals surface area (Å²) in [7, 11) is 0. The Morgan fingerprint density at radius 3 is 2.08 bits per heavy atom. The lowest BCUT2D eigenvalue weighted by molar-refractivity contribution is -0.133. The molecule has 0 heterocycles. The van der Waals surface area contributed by atoms with Crippen LogP contribution in [0, 0.1) is 0 Å². The van der Waals surface area contributed by atoms with Gasteiger partial charge < -0.3 is 10.4 Å². The Labute approximate surface area is 77.6 Å². The fraction of sp³-hybridized carbons (Fsp3) is 0.556. The second kappa shape index (κ2) is 4.07. The third-order valence-corrected chi connectivity index (χ3v) is 1.18. The Kier molecular flexibility index (Phi) is 3.66. The number of carbonyl (C=O) groups excluding carboxylic acids is 1. The average molecular weight is 185 g/mol. The predicted molar refractivity (Wildman–Crippen MR) is 49.3 cm³/mol. The molecule has 0 aromatic carbocycles. The van der Waals surface area contributed by atoms with E-state index in [0.29, 0.717) is 0 Å². The number of amides is 1. The SMILES string of the molecule is CC(=CC(=O)NC(C)(C)C)C(=O)O. The minimum absolute atomic E-state index is 0.0294.